The Bertz CT molecular complexity index is 245. The SMILES string of the molecule is CC1CCCC2(C1)NCCC1(CCC1)O2. The van der Waals surface area contributed by atoms with E-state index >= 15 is 0 Å². The Morgan fingerprint density at radius 1 is 1.13 bits per heavy atom. The highest BCUT2D eigenvalue weighted by molar-refractivity contribution is 4.99. The number of hydrogen-bond acceptors (Lipinski definition) is 2. The molecule has 3 fully saturated rings. The van der Waals surface area contributed by atoms with E-state index in [-0.39, 0.29) is 5.72 Å². The summed E-state index contributed by atoms with van der Waals surface area (Å²) in [5, 5.41) is 3.67. The fraction of sp³-hybridized carbons (Fsp3) is 1.00. The molecule has 2 nitrogen and oxygen atoms in total. The van der Waals surface area contributed by atoms with Crippen molar-refractivity contribution in [1.82, 2.24) is 5.32 Å². The van der Waals surface area contributed by atoms with Crippen LogP contribution < -0.4 is 5.32 Å². The average molecular weight is 209 g/mol. The van der Waals surface area contributed by atoms with Crippen LogP contribution in [0.1, 0.15) is 58.3 Å². The van der Waals surface area contributed by atoms with Crippen molar-refractivity contribution in [2.24, 2.45) is 5.92 Å². The molecule has 1 aliphatic heterocycles. The number of ether oxygens (including phenoxy) is 1. The number of nitrogens with one attached hydrogen (secondary N) is 1. The standard InChI is InChI=1S/C13H23NO/c1-11-4-2-7-13(10-11)14-9-8-12(15-13)5-3-6-12/h11,14H,2-10H2,1H3. The summed E-state index contributed by atoms with van der Waals surface area (Å²) in [5.74, 6) is 0.835. The van der Waals surface area contributed by atoms with Gasteiger partial charge in [-0.3, -0.25) is 5.32 Å². The van der Waals surface area contributed by atoms with Crippen LogP contribution in [0.25, 0.3) is 0 Å². The van der Waals surface area contributed by atoms with E-state index in [0.717, 1.165) is 5.92 Å². The highest BCUT2D eigenvalue weighted by Gasteiger charge is 2.49. The summed E-state index contributed by atoms with van der Waals surface area (Å²) < 4.78 is 6.50. The zero-order valence-electron chi connectivity index (χ0n) is 9.85. The van der Waals surface area contributed by atoms with E-state index in [9.17, 15) is 0 Å². The van der Waals surface area contributed by atoms with Gasteiger partial charge in [0.25, 0.3) is 0 Å². The summed E-state index contributed by atoms with van der Waals surface area (Å²) in [5.41, 5.74) is 0.360. The predicted octanol–water partition coefficient (Wildman–Crippen LogP) is 2.83. The molecule has 0 aromatic heterocycles. The fourth-order valence-electron chi connectivity index (χ4n) is 3.70. The zero-order valence-corrected chi connectivity index (χ0v) is 9.85. The minimum atomic E-state index is 0.0658. The van der Waals surface area contributed by atoms with Gasteiger partial charge in [-0.1, -0.05) is 13.3 Å². The summed E-state index contributed by atoms with van der Waals surface area (Å²) in [6.45, 7) is 3.54. The molecular formula is C13H23NO. The maximum atomic E-state index is 6.50. The van der Waals surface area contributed by atoms with Crippen LogP contribution in [0.4, 0.5) is 0 Å². The highest BCUT2D eigenvalue weighted by Crippen LogP contribution is 2.47. The third kappa shape index (κ3) is 1.72. The third-order valence-corrected chi connectivity index (χ3v) is 4.66. The summed E-state index contributed by atoms with van der Waals surface area (Å²) in [6.07, 6.45) is 10.4. The molecule has 3 aliphatic rings. The highest BCUT2D eigenvalue weighted by atomic mass is 16.5. The van der Waals surface area contributed by atoms with Crippen LogP contribution in [0, 0.1) is 5.92 Å². The lowest BCUT2D eigenvalue weighted by molar-refractivity contribution is -0.245. The molecule has 2 heteroatoms. The molecule has 2 unspecified atom stereocenters. The van der Waals surface area contributed by atoms with Gasteiger partial charge in [-0.25, -0.2) is 0 Å². The maximum Gasteiger partial charge on any atom is 0.120 e. The number of rotatable bonds is 0. The molecule has 0 aromatic carbocycles. The zero-order chi connectivity index (χ0) is 10.4. The Balaban J connectivity index is 1.73. The maximum absolute atomic E-state index is 6.50. The van der Waals surface area contributed by atoms with Crippen molar-refractivity contribution >= 4 is 0 Å². The van der Waals surface area contributed by atoms with Crippen LogP contribution >= 0.6 is 0 Å². The summed E-state index contributed by atoms with van der Waals surface area (Å²) >= 11 is 0. The van der Waals surface area contributed by atoms with Crippen LogP contribution in [0.15, 0.2) is 0 Å². The topological polar surface area (TPSA) is 21.3 Å². The Labute approximate surface area is 92.8 Å². The predicted molar refractivity (Wildman–Crippen MR) is 60.6 cm³/mol. The van der Waals surface area contributed by atoms with Crippen LogP contribution in [-0.2, 0) is 4.74 Å². The van der Waals surface area contributed by atoms with Gasteiger partial charge in [0.2, 0.25) is 0 Å². The van der Waals surface area contributed by atoms with E-state index < -0.39 is 0 Å². The Kier molecular flexibility index (Phi) is 2.33. The third-order valence-electron chi connectivity index (χ3n) is 4.66. The first-order valence-corrected chi connectivity index (χ1v) is 6.67. The Morgan fingerprint density at radius 2 is 2.00 bits per heavy atom. The normalized spacial score (nSPS) is 44.2. The minimum Gasteiger partial charge on any atom is -0.354 e. The van der Waals surface area contributed by atoms with Gasteiger partial charge >= 0.3 is 0 Å². The molecule has 3 rings (SSSR count). The van der Waals surface area contributed by atoms with Crippen molar-refractivity contribution in [2.75, 3.05) is 6.54 Å². The molecule has 1 N–H and O–H groups in total. The first-order chi connectivity index (χ1) is 7.22. The van der Waals surface area contributed by atoms with Gasteiger partial charge in [-0.05, 0) is 50.9 Å². The molecule has 1 heterocycles. The van der Waals surface area contributed by atoms with E-state index in [4.69, 9.17) is 4.74 Å². The van der Waals surface area contributed by atoms with Crippen LogP contribution in [0.3, 0.4) is 0 Å². The van der Waals surface area contributed by atoms with Gasteiger partial charge < -0.3 is 4.74 Å². The van der Waals surface area contributed by atoms with Crippen LogP contribution in [-0.4, -0.2) is 17.9 Å². The van der Waals surface area contributed by atoms with Crippen molar-refractivity contribution in [1.29, 1.82) is 0 Å². The van der Waals surface area contributed by atoms with Gasteiger partial charge in [0.15, 0.2) is 0 Å². The lowest BCUT2D eigenvalue weighted by Gasteiger charge is -2.55. The fourth-order valence-corrected chi connectivity index (χ4v) is 3.70. The minimum absolute atomic E-state index is 0.0658. The first kappa shape index (κ1) is 10.1. The second kappa shape index (κ2) is 3.46. The van der Waals surface area contributed by atoms with Crippen LogP contribution in [0.5, 0.6) is 0 Å². The molecule has 86 valence electrons. The van der Waals surface area contributed by atoms with E-state index in [1.165, 1.54) is 57.9 Å². The van der Waals surface area contributed by atoms with E-state index in [1.807, 2.05) is 0 Å². The smallest absolute Gasteiger partial charge is 0.120 e. The van der Waals surface area contributed by atoms with Crippen molar-refractivity contribution < 1.29 is 4.74 Å². The molecule has 2 atom stereocenters. The van der Waals surface area contributed by atoms with Crippen molar-refractivity contribution in [2.45, 2.75) is 69.6 Å². The largest absolute Gasteiger partial charge is 0.354 e. The molecule has 1 saturated heterocycles. The van der Waals surface area contributed by atoms with E-state index in [2.05, 4.69) is 12.2 Å². The quantitative estimate of drug-likeness (QED) is 0.662. The molecule has 0 aromatic rings. The Hall–Kier alpha value is -0.0800. The van der Waals surface area contributed by atoms with Gasteiger partial charge in [-0.2, -0.15) is 0 Å². The summed E-state index contributed by atoms with van der Waals surface area (Å²) in [7, 11) is 0. The van der Waals surface area contributed by atoms with Crippen molar-refractivity contribution in [3.63, 3.8) is 0 Å². The van der Waals surface area contributed by atoms with Crippen molar-refractivity contribution in [3.05, 3.63) is 0 Å². The molecule has 2 aliphatic carbocycles. The Morgan fingerprint density at radius 3 is 2.67 bits per heavy atom. The second-order valence-electron chi connectivity index (χ2n) is 6.01. The molecule has 2 saturated carbocycles. The molecule has 0 radical (unpaired) electrons. The summed E-state index contributed by atoms with van der Waals surface area (Å²) in [6, 6.07) is 0. The monoisotopic (exact) mass is 209 g/mol. The molecule has 0 amide bonds. The molecule has 15 heavy (non-hydrogen) atoms. The van der Waals surface area contributed by atoms with Crippen LogP contribution in [0.2, 0.25) is 0 Å². The van der Waals surface area contributed by atoms with Crippen molar-refractivity contribution in [3.8, 4) is 0 Å². The lowest BCUT2D eigenvalue weighted by atomic mass is 9.74. The van der Waals surface area contributed by atoms with Gasteiger partial charge in [-0.15, -0.1) is 0 Å². The van der Waals surface area contributed by atoms with Gasteiger partial charge in [0, 0.05) is 6.54 Å². The molecular weight excluding hydrogens is 186 g/mol. The number of hydrogen-bond donors (Lipinski definition) is 1. The van der Waals surface area contributed by atoms with Gasteiger partial charge in [0.05, 0.1) is 5.60 Å². The van der Waals surface area contributed by atoms with E-state index in [1.54, 1.807) is 0 Å². The summed E-state index contributed by atoms with van der Waals surface area (Å²) in [4.78, 5) is 0. The molecule has 0 bridgehead atoms. The van der Waals surface area contributed by atoms with E-state index in [0.29, 0.717) is 5.60 Å². The second-order valence-corrected chi connectivity index (χ2v) is 6.01. The average Bonchev–Trinajstić information content (AvgIpc) is 2.15. The van der Waals surface area contributed by atoms with Gasteiger partial charge in [0.1, 0.15) is 5.72 Å². The first-order valence-electron chi connectivity index (χ1n) is 6.67. The lowest BCUT2D eigenvalue weighted by Crippen LogP contribution is -2.63. The molecule has 2 spiro atoms.